The molecule has 1 nitrogen and oxygen atoms in total. The summed E-state index contributed by atoms with van der Waals surface area (Å²) in [5, 5.41) is 3.53. The SMILES string of the molecule is CNC(c1cc(Br)c(C)cc1Br)C1C(C)(C)C1(C)C. The van der Waals surface area contributed by atoms with E-state index in [1.54, 1.807) is 0 Å². The third kappa shape index (κ3) is 2.32. The van der Waals surface area contributed by atoms with Gasteiger partial charge in [-0.1, -0.05) is 59.6 Å². The molecule has 1 aromatic rings. The quantitative estimate of drug-likeness (QED) is 0.724. The molecule has 0 spiro atoms. The maximum Gasteiger partial charge on any atom is 0.0368 e. The summed E-state index contributed by atoms with van der Waals surface area (Å²) in [4.78, 5) is 0. The highest BCUT2D eigenvalue weighted by Gasteiger charge is 2.67. The van der Waals surface area contributed by atoms with Crippen molar-refractivity contribution in [3.63, 3.8) is 0 Å². The van der Waals surface area contributed by atoms with Gasteiger partial charge in [-0.15, -0.1) is 0 Å². The smallest absolute Gasteiger partial charge is 0.0368 e. The Morgan fingerprint density at radius 3 is 2.00 bits per heavy atom. The fourth-order valence-corrected chi connectivity index (χ4v) is 4.55. The van der Waals surface area contributed by atoms with Crippen LogP contribution in [0.3, 0.4) is 0 Å². The highest BCUT2D eigenvalue weighted by Crippen LogP contribution is 2.72. The topological polar surface area (TPSA) is 12.0 Å². The highest BCUT2D eigenvalue weighted by molar-refractivity contribution is 9.11. The van der Waals surface area contributed by atoms with Crippen molar-refractivity contribution in [2.24, 2.45) is 16.7 Å². The molecule has 0 saturated heterocycles. The molecule has 1 fully saturated rings. The molecule has 2 rings (SSSR count). The van der Waals surface area contributed by atoms with Gasteiger partial charge in [0.05, 0.1) is 0 Å². The Labute approximate surface area is 133 Å². The van der Waals surface area contributed by atoms with E-state index < -0.39 is 0 Å². The van der Waals surface area contributed by atoms with Crippen molar-refractivity contribution in [1.29, 1.82) is 0 Å². The minimum Gasteiger partial charge on any atom is -0.313 e. The van der Waals surface area contributed by atoms with Crippen molar-refractivity contribution in [2.45, 2.75) is 40.7 Å². The van der Waals surface area contributed by atoms with Gasteiger partial charge in [-0.25, -0.2) is 0 Å². The molecule has 1 saturated carbocycles. The van der Waals surface area contributed by atoms with E-state index in [1.807, 2.05) is 0 Å². The first-order valence-electron chi connectivity index (χ1n) is 6.77. The Kier molecular flexibility index (Phi) is 3.97. The Bertz CT molecular complexity index is 492. The van der Waals surface area contributed by atoms with Gasteiger partial charge in [-0.05, 0) is 54.0 Å². The van der Waals surface area contributed by atoms with E-state index in [0.29, 0.717) is 22.8 Å². The molecule has 1 N–H and O–H groups in total. The second-order valence-corrected chi connectivity index (χ2v) is 8.52. The summed E-state index contributed by atoms with van der Waals surface area (Å²) in [6.45, 7) is 11.6. The maximum absolute atomic E-state index is 3.73. The second-order valence-electron chi connectivity index (χ2n) is 6.81. The Hall–Kier alpha value is 0.140. The standard InChI is InChI=1S/C16H23Br2N/c1-9-7-12(18)10(8-11(9)17)13(19-6)14-15(2,3)16(14,4)5/h7-8,13-14,19H,1-6H3. The molecule has 0 aromatic heterocycles. The third-order valence-corrected chi connectivity index (χ3v) is 6.93. The second kappa shape index (κ2) is 4.85. The van der Waals surface area contributed by atoms with Crippen LogP contribution in [0.2, 0.25) is 0 Å². The largest absolute Gasteiger partial charge is 0.313 e. The fourth-order valence-electron chi connectivity index (χ4n) is 3.48. The molecule has 0 amide bonds. The lowest BCUT2D eigenvalue weighted by atomic mass is 9.96. The first-order chi connectivity index (χ1) is 8.64. The van der Waals surface area contributed by atoms with Crippen LogP contribution in [0, 0.1) is 23.7 Å². The fraction of sp³-hybridized carbons (Fsp3) is 0.625. The predicted molar refractivity (Wildman–Crippen MR) is 89.4 cm³/mol. The molecule has 1 unspecified atom stereocenters. The van der Waals surface area contributed by atoms with Gasteiger partial charge in [0.1, 0.15) is 0 Å². The molecule has 1 atom stereocenters. The summed E-state index contributed by atoms with van der Waals surface area (Å²) < 4.78 is 2.38. The molecule has 0 radical (unpaired) electrons. The molecule has 1 aliphatic rings. The summed E-state index contributed by atoms with van der Waals surface area (Å²) in [6, 6.07) is 4.84. The molecule has 3 heteroatoms. The van der Waals surface area contributed by atoms with E-state index >= 15 is 0 Å². The van der Waals surface area contributed by atoms with Crippen LogP contribution in [-0.2, 0) is 0 Å². The third-order valence-electron chi connectivity index (χ3n) is 5.39. The average molecular weight is 389 g/mol. The van der Waals surface area contributed by atoms with Gasteiger partial charge in [0.25, 0.3) is 0 Å². The number of hydrogen-bond acceptors (Lipinski definition) is 1. The summed E-state index contributed by atoms with van der Waals surface area (Å²) in [5.74, 6) is 0.649. The van der Waals surface area contributed by atoms with Crippen molar-refractivity contribution < 1.29 is 0 Å². The van der Waals surface area contributed by atoms with E-state index in [4.69, 9.17) is 0 Å². The van der Waals surface area contributed by atoms with Crippen LogP contribution in [0.15, 0.2) is 21.1 Å². The van der Waals surface area contributed by atoms with Crippen LogP contribution in [0.1, 0.15) is 44.9 Å². The first-order valence-corrected chi connectivity index (χ1v) is 8.36. The average Bonchev–Trinajstić information content (AvgIpc) is 2.69. The van der Waals surface area contributed by atoms with Gasteiger partial charge >= 0.3 is 0 Å². The maximum atomic E-state index is 3.73. The van der Waals surface area contributed by atoms with Gasteiger partial charge < -0.3 is 5.32 Å². The lowest BCUT2D eigenvalue weighted by molar-refractivity contribution is 0.436. The minimum atomic E-state index is 0.372. The van der Waals surface area contributed by atoms with Crippen LogP contribution in [0.5, 0.6) is 0 Å². The Balaban J connectivity index is 2.43. The summed E-state index contributed by atoms with van der Waals surface area (Å²) in [5.41, 5.74) is 3.36. The molecule has 1 aromatic carbocycles. The van der Waals surface area contributed by atoms with Crippen LogP contribution in [0.25, 0.3) is 0 Å². The van der Waals surface area contributed by atoms with Crippen LogP contribution in [-0.4, -0.2) is 7.05 Å². The number of hydrogen-bond donors (Lipinski definition) is 1. The van der Waals surface area contributed by atoms with E-state index in [1.165, 1.54) is 20.1 Å². The van der Waals surface area contributed by atoms with Crippen LogP contribution >= 0.6 is 31.9 Å². The number of rotatable bonds is 3. The summed E-state index contributed by atoms with van der Waals surface area (Å²) in [6.07, 6.45) is 0. The lowest BCUT2D eigenvalue weighted by Gasteiger charge is -2.21. The first kappa shape index (κ1) is 15.5. The molecular formula is C16H23Br2N. The van der Waals surface area contributed by atoms with Crippen molar-refractivity contribution in [3.8, 4) is 0 Å². The zero-order valence-corrected chi connectivity index (χ0v) is 15.7. The predicted octanol–water partition coefficient (Wildman–Crippen LogP) is 5.46. The van der Waals surface area contributed by atoms with Crippen molar-refractivity contribution in [3.05, 3.63) is 32.2 Å². The van der Waals surface area contributed by atoms with Crippen LogP contribution in [0.4, 0.5) is 0 Å². The molecule has 19 heavy (non-hydrogen) atoms. The van der Waals surface area contributed by atoms with Crippen molar-refractivity contribution in [2.75, 3.05) is 7.05 Å². The summed E-state index contributed by atoms with van der Waals surface area (Å²) >= 11 is 7.39. The number of benzene rings is 1. The van der Waals surface area contributed by atoms with E-state index in [-0.39, 0.29) is 0 Å². The Morgan fingerprint density at radius 2 is 1.58 bits per heavy atom. The molecular weight excluding hydrogens is 366 g/mol. The minimum absolute atomic E-state index is 0.372. The molecule has 106 valence electrons. The molecule has 0 heterocycles. The summed E-state index contributed by atoms with van der Waals surface area (Å²) in [7, 11) is 2.06. The monoisotopic (exact) mass is 387 g/mol. The molecule has 0 aliphatic heterocycles. The van der Waals surface area contributed by atoms with Gasteiger partial charge in [0.15, 0.2) is 0 Å². The Morgan fingerprint density at radius 1 is 1.05 bits per heavy atom. The number of nitrogens with one attached hydrogen (secondary N) is 1. The van der Waals surface area contributed by atoms with E-state index in [0.717, 1.165) is 0 Å². The van der Waals surface area contributed by atoms with Crippen molar-refractivity contribution >= 4 is 31.9 Å². The highest BCUT2D eigenvalue weighted by atomic mass is 79.9. The van der Waals surface area contributed by atoms with Gasteiger partial charge in [0.2, 0.25) is 0 Å². The van der Waals surface area contributed by atoms with E-state index in [2.05, 4.69) is 91.0 Å². The molecule has 1 aliphatic carbocycles. The zero-order chi connectivity index (χ0) is 14.6. The molecule has 0 bridgehead atoms. The van der Waals surface area contributed by atoms with Crippen molar-refractivity contribution in [1.82, 2.24) is 5.32 Å². The lowest BCUT2D eigenvalue weighted by Crippen LogP contribution is -2.22. The van der Waals surface area contributed by atoms with Gasteiger partial charge in [-0.2, -0.15) is 0 Å². The van der Waals surface area contributed by atoms with Gasteiger partial charge in [-0.3, -0.25) is 0 Å². The zero-order valence-electron chi connectivity index (χ0n) is 12.6. The van der Waals surface area contributed by atoms with Crippen LogP contribution < -0.4 is 5.32 Å². The number of halogens is 2. The normalized spacial score (nSPS) is 22.3. The van der Waals surface area contributed by atoms with Gasteiger partial charge in [0, 0.05) is 15.0 Å². The van der Waals surface area contributed by atoms with E-state index in [9.17, 15) is 0 Å². The number of aryl methyl sites for hydroxylation is 1.